The van der Waals surface area contributed by atoms with Gasteiger partial charge in [-0.25, -0.2) is 0 Å². The fourth-order valence-electron chi connectivity index (χ4n) is 9.65. The minimum absolute atomic E-state index is 0.421. The first-order valence-electron chi connectivity index (χ1n) is 21.9. The molecule has 0 bridgehead atoms. The van der Waals surface area contributed by atoms with Gasteiger partial charge in [0.2, 0.25) is 0 Å². The van der Waals surface area contributed by atoms with E-state index in [0.29, 0.717) is 5.92 Å². The van der Waals surface area contributed by atoms with Gasteiger partial charge in [0.15, 0.2) is 0 Å². The van der Waals surface area contributed by atoms with E-state index in [1.165, 1.54) is 108 Å². The van der Waals surface area contributed by atoms with Crippen LogP contribution in [-0.4, -0.2) is 0 Å². The van der Waals surface area contributed by atoms with E-state index in [2.05, 4.69) is 237 Å². The Bertz CT molecular complexity index is 3710. The van der Waals surface area contributed by atoms with Crippen LogP contribution in [-0.2, 0) is 0 Å². The maximum atomic E-state index is 2.47. The van der Waals surface area contributed by atoms with E-state index in [9.17, 15) is 0 Å². The number of nitrogens with zero attached hydrogens (tertiary/aromatic N) is 1. The van der Waals surface area contributed by atoms with Crippen molar-refractivity contribution in [1.29, 1.82) is 0 Å². The third kappa shape index (κ3) is 6.54. The van der Waals surface area contributed by atoms with Crippen molar-refractivity contribution >= 4 is 91.7 Å². The van der Waals surface area contributed by atoms with Gasteiger partial charge in [0.05, 0.1) is 10.4 Å². The third-order valence-corrected chi connectivity index (χ3v) is 14.2. The predicted molar refractivity (Wildman–Crippen MR) is 274 cm³/mol. The smallest absolute Gasteiger partial charge is 0.0646 e. The summed E-state index contributed by atoms with van der Waals surface area (Å²) in [5.41, 5.74) is 12.1. The molecule has 1 aromatic heterocycles. The van der Waals surface area contributed by atoms with Gasteiger partial charge in [-0.2, -0.15) is 0 Å². The molecule has 0 spiro atoms. The van der Waals surface area contributed by atoms with E-state index in [4.69, 9.17) is 0 Å². The van der Waals surface area contributed by atoms with Gasteiger partial charge >= 0.3 is 0 Å². The van der Waals surface area contributed by atoms with Crippen LogP contribution in [0, 0.1) is 0 Å². The first-order valence-corrected chi connectivity index (χ1v) is 22.7. The molecule has 12 rings (SSSR count). The number of hydrogen-bond acceptors (Lipinski definition) is 2. The molecule has 0 saturated heterocycles. The van der Waals surface area contributed by atoms with Crippen molar-refractivity contribution in [3.8, 4) is 33.4 Å². The van der Waals surface area contributed by atoms with Crippen molar-refractivity contribution in [3.05, 3.63) is 224 Å². The second-order valence-corrected chi connectivity index (χ2v) is 18.2. The van der Waals surface area contributed by atoms with Crippen LogP contribution in [0.3, 0.4) is 0 Å². The van der Waals surface area contributed by atoms with Gasteiger partial charge in [0.1, 0.15) is 0 Å². The molecule has 0 aliphatic rings. The molecule has 63 heavy (non-hydrogen) atoms. The van der Waals surface area contributed by atoms with Crippen LogP contribution in [0.1, 0.15) is 25.3 Å². The highest BCUT2D eigenvalue weighted by Crippen LogP contribution is 2.49. The lowest BCUT2D eigenvalue weighted by Crippen LogP contribution is -2.10. The van der Waals surface area contributed by atoms with Crippen molar-refractivity contribution in [3.63, 3.8) is 0 Å². The number of rotatable bonds is 7. The number of thiophene rings is 1. The van der Waals surface area contributed by atoms with E-state index >= 15 is 0 Å². The van der Waals surface area contributed by atoms with E-state index in [1.54, 1.807) is 0 Å². The Balaban J connectivity index is 0.973. The molecule has 0 aliphatic carbocycles. The summed E-state index contributed by atoms with van der Waals surface area (Å²) in [5.74, 6) is 0.421. The average Bonchev–Trinajstić information content (AvgIpc) is 3.74. The highest BCUT2D eigenvalue weighted by atomic mass is 32.1. The fourth-order valence-corrected chi connectivity index (χ4v) is 11.1. The molecule has 0 unspecified atom stereocenters. The summed E-state index contributed by atoms with van der Waals surface area (Å²) in [4.78, 5) is 2.47. The molecular formula is C61H43NS. The quantitative estimate of drug-likeness (QED) is 0.155. The van der Waals surface area contributed by atoms with E-state index in [-0.39, 0.29) is 0 Å². The van der Waals surface area contributed by atoms with Crippen LogP contribution < -0.4 is 4.90 Å². The van der Waals surface area contributed by atoms with E-state index < -0.39 is 0 Å². The minimum atomic E-state index is 0.421. The lowest BCUT2D eigenvalue weighted by molar-refractivity contribution is 0.878. The number of anilines is 3. The van der Waals surface area contributed by atoms with Crippen LogP contribution in [0.15, 0.2) is 218 Å². The molecule has 1 nitrogen and oxygen atoms in total. The Morgan fingerprint density at radius 3 is 1.27 bits per heavy atom. The minimum Gasteiger partial charge on any atom is -0.309 e. The summed E-state index contributed by atoms with van der Waals surface area (Å²) in [6.45, 7) is 4.62. The van der Waals surface area contributed by atoms with Gasteiger partial charge in [-0.1, -0.05) is 178 Å². The normalized spacial score (nSPS) is 11.8. The molecule has 0 saturated carbocycles. The molecule has 11 aromatic carbocycles. The number of benzene rings is 11. The van der Waals surface area contributed by atoms with Crippen molar-refractivity contribution < 1.29 is 0 Å². The SMILES string of the molecule is CC(C)c1cccc2c1sc1c(N(c3ccc(-c4ccc5ccccc5c4)cc3)c3ccc(-c4ccc5cc(-c6ccc7ccccc7c6)ccc5c4)cc3)cc3ccccc3c12. The largest absolute Gasteiger partial charge is 0.309 e. The van der Waals surface area contributed by atoms with Gasteiger partial charge in [-0.3, -0.25) is 0 Å². The standard InChI is InChI=1S/C61H43NS/c1-39(2)55-16-9-17-57-59-56-15-8-7-14-52(56)38-58(61(59)63-60(55)57)62(53-30-26-42(27-31-53)46-20-18-40-10-3-5-12-44(40)34-46)54-32-28-43(29-33-54)47-22-23-50-37-51(25-24-49(50)36-47)48-21-19-41-11-4-6-13-45(41)35-48/h3-39H,1-2H3. The molecule has 2 heteroatoms. The van der Waals surface area contributed by atoms with E-state index in [1.807, 2.05) is 11.3 Å². The Morgan fingerprint density at radius 2 is 0.746 bits per heavy atom. The summed E-state index contributed by atoms with van der Waals surface area (Å²) >= 11 is 1.94. The van der Waals surface area contributed by atoms with E-state index in [0.717, 1.165) is 11.4 Å². The molecular weight excluding hydrogens is 779 g/mol. The Kier molecular flexibility index (Phi) is 8.95. The zero-order valence-corrected chi connectivity index (χ0v) is 36.0. The number of fused-ring (bicyclic) bond motifs is 8. The van der Waals surface area contributed by atoms with Gasteiger partial charge in [0.25, 0.3) is 0 Å². The molecule has 12 aromatic rings. The third-order valence-electron chi connectivity index (χ3n) is 13.0. The zero-order chi connectivity index (χ0) is 42.0. The van der Waals surface area contributed by atoms with Gasteiger partial charge in [-0.05, 0) is 143 Å². The van der Waals surface area contributed by atoms with Crippen molar-refractivity contribution in [2.45, 2.75) is 19.8 Å². The van der Waals surface area contributed by atoms with Crippen molar-refractivity contribution in [1.82, 2.24) is 0 Å². The van der Waals surface area contributed by atoms with Crippen molar-refractivity contribution in [2.75, 3.05) is 4.90 Å². The summed E-state index contributed by atoms with van der Waals surface area (Å²) < 4.78 is 2.68. The monoisotopic (exact) mass is 821 g/mol. The summed E-state index contributed by atoms with van der Waals surface area (Å²) in [6.07, 6.45) is 0. The average molecular weight is 822 g/mol. The highest BCUT2D eigenvalue weighted by molar-refractivity contribution is 7.26. The predicted octanol–water partition coefficient (Wildman–Crippen LogP) is 18.3. The molecule has 1 heterocycles. The molecule has 298 valence electrons. The van der Waals surface area contributed by atoms with Gasteiger partial charge in [0, 0.05) is 26.8 Å². The van der Waals surface area contributed by atoms with Crippen LogP contribution in [0.4, 0.5) is 17.1 Å². The van der Waals surface area contributed by atoms with Crippen LogP contribution >= 0.6 is 11.3 Å². The van der Waals surface area contributed by atoms with Crippen LogP contribution in [0.2, 0.25) is 0 Å². The summed E-state index contributed by atoms with van der Waals surface area (Å²) in [5, 5.41) is 12.7. The molecule has 0 N–H and O–H groups in total. The highest BCUT2D eigenvalue weighted by Gasteiger charge is 2.22. The Hall–Kier alpha value is -7.52. The Morgan fingerprint density at radius 1 is 0.333 bits per heavy atom. The molecule has 0 aliphatic heterocycles. The topological polar surface area (TPSA) is 3.24 Å². The van der Waals surface area contributed by atoms with Crippen molar-refractivity contribution in [2.24, 2.45) is 0 Å². The Labute approximate surface area is 371 Å². The van der Waals surface area contributed by atoms with Crippen LogP contribution in [0.5, 0.6) is 0 Å². The fraction of sp³-hybridized carbons (Fsp3) is 0.0492. The first kappa shape index (κ1) is 37.3. The summed E-state index contributed by atoms with van der Waals surface area (Å²) in [6, 6.07) is 80.9. The lowest BCUT2D eigenvalue weighted by atomic mass is 9.96. The lowest BCUT2D eigenvalue weighted by Gasteiger charge is -2.27. The molecule has 0 amide bonds. The maximum Gasteiger partial charge on any atom is 0.0646 e. The van der Waals surface area contributed by atoms with Gasteiger partial charge < -0.3 is 4.90 Å². The zero-order valence-electron chi connectivity index (χ0n) is 35.2. The number of hydrogen-bond donors (Lipinski definition) is 0. The molecule has 0 fully saturated rings. The first-order chi connectivity index (χ1) is 31.0. The van der Waals surface area contributed by atoms with Crippen LogP contribution in [0.25, 0.3) is 96.6 Å². The molecule has 0 radical (unpaired) electrons. The second-order valence-electron chi connectivity index (χ2n) is 17.1. The second kappa shape index (κ2) is 15.1. The maximum absolute atomic E-state index is 2.47. The van der Waals surface area contributed by atoms with Gasteiger partial charge in [-0.15, -0.1) is 11.3 Å². The summed E-state index contributed by atoms with van der Waals surface area (Å²) in [7, 11) is 0. The molecule has 0 atom stereocenters.